The summed E-state index contributed by atoms with van der Waals surface area (Å²) >= 11 is 0. The molecule has 1 aliphatic heterocycles. The zero-order chi connectivity index (χ0) is 31.2. The molecular weight excluding hydrogens is 569 g/mol. The lowest BCUT2D eigenvalue weighted by atomic mass is 9.81. The lowest BCUT2D eigenvalue weighted by molar-refractivity contribution is 1.28. The second kappa shape index (κ2) is 11.3. The smallest absolute Gasteiger partial charge is 0.0708 e. The van der Waals surface area contributed by atoms with Crippen LogP contribution in [0.2, 0.25) is 0 Å². The van der Waals surface area contributed by atoms with E-state index in [1.807, 2.05) is 12.3 Å². The quantitative estimate of drug-likeness (QED) is 0.196. The minimum absolute atomic E-state index is 0.977. The molecule has 7 aromatic carbocycles. The summed E-state index contributed by atoms with van der Waals surface area (Å²) in [6.45, 7) is 0. The van der Waals surface area contributed by atoms with Crippen LogP contribution >= 0.6 is 0 Å². The van der Waals surface area contributed by atoms with Crippen LogP contribution in [0.25, 0.3) is 66.5 Å². The van der Waals surface area contributed by atoms with Crippen LogP contribution in [0.4, 0.5) is 17.1 Å². The molecule has 47 heavy (non-hydrogen) atoms. The van der Waals surface area contributed by atoms with Crippen LogP contribution in [0.3, 0.4) is 0 Å². The highest BCUT2D eigenvalue weighted by molar-refractivity contribution is 6.20. The van der Waals surface area contributed by atoms with E-state index in [2.05, 4.69) is 175 Å². The third-order valence-corrected chi connectivity index (χ3v) is 9.27. The number of hydrogen-bond acceptors (Lipinski definition) is 2. The van der Waals surface area contributed by atoms with Gasteiger partial charge in [-0.15, -0.1) is 0 Å². The molecule has 0 spiro atoms. The van der Waals surface area contributed by atoms with Gasteiger partial charge in [-0.3, -0.25) is 4.98 Å². The number of fused-ring (bicyclic) bond motifs is 2. The topological polar surface area (TPSA) is 16.1 Å². The van der Waals surface area contributed by atoms with Gasteiger partial charge in [0.1, 0.15) is 0 Å². The molecule has 0 amide bonds. The van der Waals surface area contributed by atoms with Crippen molar-refractivity contribution in [3.63, 3.8) is 0 Å². The van der Waals surface area contributed by atoms with Crippen molar-refractivity contribution in [2.24, 2.45) is 0 Å². The summed E-state index contributed by atoms with van der Waals surface area (Å²) in [6, 6.07) is 63.2. The first kappa shape index (κ1) is 27.1. The molecule has 1 aliphatic rings. The van der Waals surface area contributed by atoms with Gasteiger partial charge in [0.15, 0.2) is 0 Å². The highest BCUT2D eigenvalue weighted by Gasteiger charge is 2.31. The van der Waals surface area contributed by atoms with Gasteiger partial charge in [0.2, 0.25) is 0 Å². The number of benzene rings is 7. The first-order chi connectivity index (χ1) is 23.4. The van der Waals surface area contributed by atoms with Gasteiger partial charge in [-0.05, 0) is 69.1 Å². The zero-order valence-electron chi connectivity index (χ0n) is 25.7. The molecule has 0 aliphatic carbocycles. The molecule has 0 unspecified atom stereocenters. The Balaban J connectivity index is 1.44. The van der Waals surface area contributed by atoms with E-state index in [1.165, 1.54) is 61.0 Å². The van der Waals surface area contributed by atoms with Gasteiger partial charge in [-0.1, -0.05) is 146 Å². The van der Waals surface area contributed by atoms with E-state index in [1.54, 1.807) is 0 Å². The molecule has 2 heteroatoms. The van der Waals surface area contributed by atoms with E-state index >= 15 is 0 Å². The van der Waals surface area contributed by atoms with Gasteiger partial charge in [0.05, 0.1) is 17.1 Å². The molecule has 8 aromatic rings. The van der Waals surface area contributed by atoms with Gasteiger partial charge in [0, 0.05) is 34.0 Å². The summed E-state index contributed by atoms with van der Waals surface area (Å²) in [4.78, 5) is 7.23. The van der Waals surface area contributed by atoms with Crippen LogP contribution in [0.1, 0.15) is 0 Å². The molecule has 0 radical (unpaired) electrons. The van der Waals surface area contributed by atoms with Crippen LogP contribution in [0, 0.1) is 0 Å². The van der Waals surface area contributed by atoms with E-state index in [4.69, 9.17) is 4.98 Å². The van der Waals surface area contributed by atoms with E-state index in [0.717, 1.165) is 22.6 Å². The Morgan fingerprint density at radius 2 is 0.979 bits per heavy atom. The van der Waals surface area contributed by atoms with Crippen molar-refractivity contribution in [3.8, 4) is 55.8 Å². The third-order valence-electron chi connectivity index (χ3n) is 9.27. The molecule has 0 N–H and O–H groups in total. The van der Waals surface area contributed by atoms with Gasteiger partial charge in [-0.25, -0.2) is 0 Å². The van der Waals surface area contributed by atoms with E-state index in [-0.39, 0.29) is 0 Å². The fraction of sp³-hybridized carbons (Fsp3) is 0. The maximum Gasteiger partial charge on any atom is 0.0708 e. The van der Waals surface area contributed by atoms with Crippen molar-refractivity contribution in [2.45, 2.75) is 0 Å². The lowest BCUT2D eigenvalue weighted by Crippen LogP contribution is -2.17. The Hall–Kier alpha value is -6.25. The van der Waals surface area contributed by atoms with Crippen LogP contribution in [-0.4, -0.2) is 4.98 Å². The van der Waals surface area contributed by atoms with E-state index in [0.29, 0.717) is 0 Å². The van der Waals surface area contributed by atoms with E-state index < -0.39 is 0 Å². The average molecular weight is 599 g/mol. The Morgan fingerprint density at radius 1 is 0.383 bits per heavy atom. The maximum atomic E-state index is 4.75. The van der Waals surface area contributed by atoms with Gasteiger partial charge < -0.3 is 4.90 Å². The molecular formula is C45H30N2. The lowest BCUT2D eigenvalue weighted by Gasteiger charge is -2.37. The maximum absolute atomic E-state index is 4.75. The van der Waals surface area contributed by atoms with Crippen LogP contribution in [0.5, 0.6) is 0 Å². The van der Waals surface area contributed by atoms with Crippen molar-refractivity contribution in [1.29, 1.82) is 0 Å². The summed E-state index contributed by atoms with van der Waals surface area (Å²) in [6.07, 6.45) is 1.87. The van der Waals surface area contributed by atoms with Gasteiger partial charge in [-0.2, -0.15) is 0 Å². The monoisotopic (exact) mass is 598 g/mol. The SMILES string of the molecule is c1ccc(-c2ccccc2-c2c(-c3ccccc3)ccc3c2N(c2ccccc2)c2cccc4c(-c5ccccn5)ccc-3c24)cc1. The molecule has 220 valence electrons. The first-order valence-electron chi connectivity index (χ1n) is 16.1. The minimum Gasteiger partial charge on any atom is -0.309 e. The normalized spacial score (nSPS) is 11.8. The second-order valence-corrected chi connectivity index (χ2v) is 11.9. The van der Waals surface area contributed by atoms with Crippen molar-refractivity contribution in [1.82, 2.24) is 4.98 Å². The average Bonchev–Trinajstić information content (AvgIpc) is 3.16. The molecule has 0 bridgehead atoms. The fourth-order valence-electron chi connectivity index (χ4n) is 7.25. The Bertz CT molecular complexity index is 2380. The second-order valence-electron chi connectivity index (χ2n) is 11.9. The zero-order valence-corrected chi connectivity index (χ0v) is 25.7. The van der Waals surface area contributed by atoms with Gasteiger partial charge >= 0.3 is 0 Å². The van der Waals surface area contributed by atoms with Crippen LogP contribution < -0.4 is 4.90 Å². The molecule has 0 saturated heterocycles. The largest absolute Gasteiger partial charge is 0.309 e. The van der Waals surface area contributed by atoms with Crippen molar-refractivity contribution < 1.29 is 0 Å². The Labute approximate surface area is 274 Å². The number of rotatable bonds is 5. The number of anilines is 3. The Kier molecular flexibility index (Phi) is 6.50. The summed E-state index contributed by atoms with van der Waals surface area (Å²) in [5, 5.41) is 2.44. The number of hydrogen-bond donors (Lipinski definition) is 0. The molecule has 0 atom stereocenters. The summed E-state index contributed by atoms with van der Waals surface area (Å²) in [5.74, 6) is 0. The predicted octanol–water partition coefficient (Wildman–Crippen LogP) is 12.4. The third kappa shape index (κ3) is 4.46. The number of aromatic nitrogens is 1. The number of pyridine rings is 1. The number of para-hydroxylation sites is 1. The molecule has 9 rings (SSSR count). The highest BCUT2D eigenvalue weighted by atomic mass is 15.2. The Morgan fingerprint density at radius 3 is 1.70 bits per heavy atom. The van der Waals surface area contributed by atoms with E-state index in [9.17, 15) is 0 Å². The standard InChI is InChI=1S/C45H30N2/c1-4-15-31(16-5-1)34-21-10-11-22-37(34)44-35(32-17-6-2-7-18-32)26-29-40-39-28-27-36(41-24-12-13-30-46-41)38-23-14-25-42(43(38)39)47(45(40)44)33-19-8-3-9-20-33/h1-30H. The predicted molar refractivity (Wildman–Crippen MR) is 197 cm³/mol. The summed E-state index contributed by atoms with van der Waals surface area (Å²) in [7, 11) is 0. The molecule has 2 nitrogen and oxygen atoms in total. The highest BCUT2D eigenvalue weighted by Crippen LogP contribution is 2.57. The fourth-order valence-corrected chi connectivity index (χ4v) is 7.25. The summed E-state index contributed by atoms with van der Waals surface area (Å²) in [5.41, 5.74) is 15.3. The first-order valence-corrected chi connectivity index (χ1v) is 16.1. The van der Waals surface area contributed by atoms with Crippen molar-refractivity contribution in [2.75, 3.05) is 4.90 Å². The van der Waals surface area contributed by atoms with Gasteiger partial charge in [0.25, 0.3) is 0 Å². The molecule has 0 saturated carbocycles. The minimum atomic E-state index is 0.977. The van der Waals surface area contributed by atoms with Crippen molar-refractivity contribution in [3.05, 3.63) is 182 Å². The van der Waals surface area contributed by atoms with Crippen LogP contribution in [-0.2, 0) is 0 Å². The van der Waals surface area contributed by atoms with Crippen LogP contribution in [0.15, 0.2) is 182 Å². The molecule has 2 heterocycles. The summed E-state index contributed by atoms with van der Waals surface area (Å²) < 4.78 is 0. The molecule has 0 fully saturated rings. The number of nitrogens with zero attached hydrogens (tertiary/aromatic N) is 2. The molecule has 1 aromatic heterocycles. The van der Waals surface area contributed by atoms with Crippen molar-refractivity contribution >= 4 is 27.8 Å².